The molecule has 43 heavy (non-hydrogen) atoms. The third-order valence-electron chi connectivity index (χ3n) is 9.80. The molecule has 2 aliphatic rings. The maximum atomic E-state index is 14.1. The predicted molar refractivity (Wildman–Crippen MR) is 162 cm³/mol. The third-order valence-corrected chi connectivity index (χ3v) is 12.4. The maximum absolute atomic E-state index is 14.1. The predicted octanol–water partition coefficient (Wildman–Crippen LogP) is 3.76. The van der Waals surface area contributed by atoms with E-state index in [1.807, 2.05) is 44.2 Å². The minimum Gasteiger partial charge on any atom is -0.479 e. The topological polar surface area (TPSA) is 171 Å². The molecule has 0 saturated carbocycles. The lowest BCUT2D eigenvalue weighted by Crippen LogP contribution is -2.78. The lowest BCUT2D eigenvalue weighted by molar-refractivity contribution is -0.362. The molecule has 1 fully saturated rings. The summed E-state index contributed by atoms with van der Waals surface area (Å²) in [4.78, 5) is 12.1. The second kappa shape index (κ2) is 11.7. The van der Waals surface area contributed by atoms with Gasteiger partial charge in [-0.3, -0.25) is 0 Å². The largest absolute Gasteiger partial charge is 0.479 e. The van der Waals surface area contributed by atoms with Gasteiger partial charge in [-0.15, -0.1) is 0 Å². The molecule has 2 heterocycles. The van der Waals surface area contributed by atoms with Gasteiger partial charge in [0.25, 0.3) is 0 Å². The molecule has 2 aliphatic heterocycles. The number of benzene rings is 2. The van der Waals surface area contributed by atoms with Crippen LogP contribution >= 0.6 is 15.9 Å². The van der Waals surface area contributed by atoms with Crippen LogP contribution in [0.3, 0.4) is 0 Å². The van der Waals surface area contributed by atoms with Crippen molar-refractivity contribution in [3.05, 3.63) is 58.1 Å². The van der Waals surface area contributed by atoms with E-state index in [2.05, 4.69) is 15.9 Å². The molecule has 5 N–H and O–H groups in total. The van der Waals surface area contributed by atoms with Gasteiger partial charge >= 0.3 is 5.97 Å². The summed E-state index contributed by atoms with van der Waals surface area (Å²) in [5.41, 5.74) is -7.09. The number of carboxylic acids is 1. The number of aliphatic carboxylic acids is 1. The molecule has 0 amide bonds. The van der Waals surface area contributed by atoms with Gasteiger partial charge in [0.2, 0.25) is 6.29 Å². The Balaban J connectivity index is 1.88. The minimum atomic E-state index is -4.02. The Morgan fingerprint density at radius 1 is 1.07 bits per heavy atom. The first-order valence-corrected chi connectivity index (χ1v) is 16.8. The Morgan fingerprint density at radius 3 is 2.26 bits per heavy atom. The zero-order chi connectivity index (χ0) is 32.2. The van der Waals surface area contributed by atoms with Crippen molar-refractivity contribution in [1.29, 1.82) is 0 Å². The van der Waals surface area contributed by atoms with Crippen LogP contribution in [0.5, 0.6) is 5.75 Å². The number of aliphatic hydroxyl groups is 4. The summed E-state index contributed by atoms with van der Waals surface area (Å²) in [6.07, 6.45) is -2.27. The molecule has 8 atom stereocenters. The van der Waals surface area contributed by atoms with E-state index in [1.165, 1.54) is 6.07 Å². The molecule has 1 saturated heterocycles. The number of hydrogen-bond donors (Lipinski definition) is 5. The highest BCUT2D eigenvalue weighted by atomic mass is 79.9. The first-order chi connectivity index (χ1) is 19.9. The molecule has 0 bridgehead atoms. The standard InChI is InChI=1S/C31H41BrO10S/c1-6-8-14-31(7-2)17-43(39,40)22-16-21(20(32)15-19(22)23(24(31)33)18-12-10-9-11-13-18)41-26-25(34)28(3,37)30(5,38)29(4,42-26)27(35)36/h9-13,15-16,23-26,33-34,37-38H,6-8,14,17H2,1-5H3,(H,35,36)/t23-,24-,25?,26?,28?,29?,30?,31-/m1/s1. The van der Waals surface area contributed by atoms with Crippen molar-refractivity contribution in [3.8, 4) is 5.75 Å². The summed E-state index contributed by atoms with van der Waals surface area (Å²) in [5, 5.41) is 54.9. The van der Waals surface area contributed by atoms with E-state index in [0.29, 0.717) is 18.4 Å². The van der Waals surface area contributed by atoms with Crippen LogP contribution in [0.15, 0.2) is 51.8 Å². The minimum absolute atomic E-state index is 0.0736. The summed E-state index contributed by atoms with van der Waals surface area (Å²) < 4.78 is 40.0. The van der Waals surface area contributed by atoms with Gasteiger partial charge in [-0.05, 0) is 66.7 Å². The molecule has 12 heteroatoms. The molecule has 4 rings (SSSR count). The fourth-order valence-electron chi connectivity index (χ4n) is 6.40. The molecule has 10 nitrogen and oxygen atoms in total. The van der Waals surface area contributed by atoms with Crippen molar-refractivity contribution in [2.75, 3.05) is 5.75 Å². The zero-order valence-corrected chi connectivity index (χ0v) is 27.4. The van der Waals surface area contributed by atoms with Crippen LogP contribution in [0, 0.1) is 5.41 Å². The van der Waals surface area contributed by atoms with Crippen LogP contribution in [0.1, 0.15) is 77.3 Å². The van der Waals surface area contributed by atoms with Crippen LogP contribution < -0.4 is 4.74 Å². The fraction of sp³-hybridized carbons (Fsp3) is 0.581. The van der Waals surface area contributed by atoms with Gasteiger partial charge in [-0.1, -0.05) is 57.0 Å². The van der Waals surface area contributed by atoms with E-state index < -0.39 is 62.4 Å². The van der Waals surface area contributed by atoms with Crippen molar-refractivity contribution in [2.24, 2.45) is 5.41 Å². The lowest BCUT2D eigenvalue weighted by atomic mass is 9.68. The van der Waals surface area contributed by atoms with Gasteiger partial charge in [-0.2, -0.15) is 0 Å². The number of unbranched alkanes of at least 4 members (excludes halogenated alkanes) is 1. The van der Waals surface area contributed by atoms with Crippen molar-refractivity contribution in [2.45, 2.75) is 106 Å². The number of aliphatic hydroxyl groups excluding tert-OH is 2. The monoisotopic (exact) mass is 684 g/mol. The first-order valence-electron chi connectivity index (χ1n) is 14.4. The van der Waals surface area contributed by atoms with E-state index in [-0.39, 0.29) is 20.9 Å². The molecule has 5 unspecified atom stereocenters. The van der Waals surface area contributed by atoms with Crippen molar-refractivity contribution >= 4 is 31.7 Å². The first kappa shape index (κ1) is 33.8. The van der Waals surface area contributed by atoms with Crippen LogP contribution in [0.4, 0.5) is 0 Å². The van der Waals surface area contributed by atoms with Gasteiger partial charge in [0.05, 0.1) is 21.2 Å². The number of carbonyl (C=O) groups is 1. The van der Waals surface area contributed by atoms with E-state index >= 15 is 0 Å². The summed E-state index contributed by atoms with van der Waals surface area (Å²) >= 11 is 3.43. The van der Waals surface area contributed by atoms with Crippen molar-refractivity contribution < 1.29 is 48.2 Å². The molecule has 0 radical (unpaired) electrons. The van der Waals surface area contributed by atoms with E-state index in [1.54, 1.807) is 6.07 Å². The number of halogens is 1. The van der Waals surface area contributed by atoms with Gasteiger partial charge in [0.1, 0.15) is 23.1 Å². The summed E-state index contributed by atoms with van der Waals surface area (Å²) in [6, 6.07) is 12.0. The Labute approximate surface area is 260 Å². The molecule has 0 aromatic heterocycles. The lowest BCUT2D eigenvalue weighted by Gasteiger charge is -2.55. The Hall–Kier alpha value is -2.06. The number of carboxylic acid groups (broad SMARTS) is 1. The molecular weight excluding hydrogens is 644 g/mol. The highest BCUT2D eigenvalue weighted by Crippen LogP contribution is 2.51. The average molecular weight is 686 g/mol. The van der Waals surface area contributed by atoms with Crippen molar-refractivity contribution in [1.82, 2.24) is 0 Å². The van der Waals surface area contributed by atoms with E-state index in [4.69, 9.17) is 9.47 Å². The van der Waals surface area contributed by atoms with Crippen LogP contribution in [0.25, 0.3) is 0 Å². The second-order valence-corrected chi connectivity index (χ2v) is 15.2. The van der Waals surface area contributed by atoms with Gasteiger partial charge in [0, 0.05) is 17.4 Å². The normalized spacial score (nSPS) is 37.3. The van der Waals surface area contributed by atoms with Crippen molar-refractivity contribution in [3.63, 3.8) is 0 Å². The molecule has 0 spiro atoms. The molecule has 238 valence electrons. The highest BCUT2D eigenvalue weighted by Gasteiger charge is 2.69. The van der Waals surface area contributed by atoms with E-state index in [0.717, 1.165) is 39.2 Å². The smallest absolute Gasteiger partial charge is 0.339 e. The summed E-state index contributed by atoms with van der Waals surface area (Å²) in [6.45, 7) is 7.06. The molecule has 2 aromatic rings. The fourth-order valence-corrected chi connectivity index (χ4v) is 9.11. The SMILES string of the molecule is CCCC[C@]1(CC)CS(=O)(=O)c2cc(OC3OC(C)(C(=O)O)C(C)(O)C(C)(O)C3O)c(Br)cc2[C@@H](c2ccccc2)[C@H]1O. The number of hydrogen-bond acceptors (Lipinski definition) is 9. The van der Waals surface area contributed by atoms with Gasteiger partial charge < -0.3 is 35.0 Å². The zero-order valence-electron chi connectivity index (χ0n) is 24.9. The maximum Gasteiger partial charge on any atom is 0.339 e. The molecular formula is C31H41BrO10S. The quantitative estimate of drug-likeness (QED) is 0.276. The highest BCUT2D eigenvalue weighted by molar-refractivity contribution is 9.10. The Kier molecular flexibility index (Phi) is 9.21. The molecule has 2 aromatic carbocycles. The number of rotatable bonds is 8. The van der Waals surface area contributed by atoms with Crippen LogP contribution in [-0.2, 0) is 19.4 Å². The van der Waals surface area contributed by atoms with Crippen LogP contribution in [0.2, 0.25) is 0 Å². The average Bonchev–Trinajstić information content (AvgIpc) is 3.01. The van der Waals surface area contributed by atoms with Gasteiger partial charge in [-0.25, -0.2) is 13.2 Å². The Bertz CT molecular complexity index is 1460. The summed E-state index contributed by atoms with van der Waals surface area (Å²) in [7, 11) is -4.02. The van der Waals surface area contributed by atoms with Crippen LogP contribution in [-0.4, -0.2) is 81.0 Å². The second-order valence-electron chi connectivity index (χ2n) is 12.3. The third kappa shape index (κ3) is 5.43. The number of ether oxygens (including phenoxy) is 2. The Morgan fingerprint density at radius 2 is 1.70 bits per heavy atom. The van der Waals surface area contributed by atoms with Gasteiger partial charge in [0.15, 0.2) is 15.4 Å². The van der Waals surface area contributed by atoms with E-state index in [9.17, 15) is 38.7 Å². The number of fused-ring (bicyclic) bond motifs is 1. The number of sulfone groups is 1. The molecule has 0 aliphatic carbocycles. The summed E-state index contributed by atoms with van der Waals surface area (Å²) in [5.74, 6) is -2.70.